The van der Waals surface area contributed by atoms with Crippen LogP contribution in [0.2, 0.25) is 5.02 Å². The van der Waals surface area contributed by atoms with E-state index in [1.54, 1.807) is 6.07 Å². The molecule has 0 N–H and O–H groups in total. The first-order chi connectivity index (χ1) is 7.04. The topological polar surface area (TPSA) is 33.0 Å². The van der Waals surface area contributed by atoms with Gasteiger partial charge in [0, 0.05) is 5.02 Å². The molecule has 1 aromatic carbocycles. The summed E-state index contributed by atoms with van der Waals surface area (Å²) in [5, 5.41) is 9.51. The molecule has 0 saturated carbocycles. The van der Waals surface area contributed by atoms with Gasteiger partial charge in [-0.25, -0.2) is 0 Å². The Kier molecular flexibility index (Phi) is 3.99. The maximum atomic E-state index is 8.91. The molecule has 0 amide bonds. The van der Waals surface area contributed by atoms with E-state index in [9.17, 15) is 0 Å². The van der Waals surface area contributed by atoms with Gasteiger partial charge in [-0.1, -0.05) is 25.4 Å². The van der Waals surface area contributed by atoms with Crippen LogP contribution in [0.15, 0.2) is 12.1 Å². The molecule has 2 nitrogen and oxygen atoms in total. The molecule has 80 valence electrons. The van der Waals surface area contributed by atoms with Crippen LogP contribution in [0.5, 0.6) is 5.75 Å². The van der Waals surface area contributed by atoms with E-state index < -0.39 is 0 Å². The van der Waals surface area contributed by atoms with Crippen LogP contribution in [0, 0.1) is 24.2 Å². The predicted octanol–water partition coefficient (Wildman–Crippen LogP) is 3.55. The van der Waals surface area contributed by atoms with Crippen LogP contribution in [0.25, 0.3) is 0 Å². The number of hydrogen-bond donors (Lipinski definition) is 0. The van der Waals surface area contributed by atoms with Crippen molar-refractivity contribution in [2.45, 2.75) is 20.8 Å². The lowest BCUT2D eigenvalue weighted by Gasteiger charge is -2.11. The molecule has 0 atom stereocenters. The normalized spacial score (nSPS) is 10.1. The first-order valence-electron chi connectivity index (χ1n) is 4.87. The van der Waals surface area contributed by atoms with E-state index in [0.29, 0.717) is 28.9 Å². The van der Waals surface area contributed by atoms with E-state index in [1.807, 2.05) is 13.0 Å². The number of benzene rings is 1. The molecule has 0 aliphatic carbocycles. The molecule has 0 unspecified atom stereocenters. The van der Waals surface area contributed by atoms with E-state index in [4.69, 9.17) is 21.6 Å². The third-order valence-corrected chi connectivity index (χ3v) is 2.36. The van der Waals surface area contributed by atoms with Gasteiger partial charge in [-0.15, -0.1) is 0 Å². The van der Waals surface area contributed by atoms with Gasteiger partial charge in [0.2, 0.25) is 0 Å². The van der Waals surface area contributed by atoms with Gasteiger partial charge in [0.1, 0.15) is 11.8 Å². The predicted molar refractivity (Wildman–Crippen MR) is 61.2 cm³/mol. The van der Waals surface area contributed by atoms with Crippen molar-refractivity contribution >= 4 is 11.6 Å². The molecule has 0 fully saturated rings. The SMILES string of the molecule is Cc1cc(OCC(C)C)c(C#N)cc1Cl. The molecular weight excluding hydrogens is 210 g/mol. The Morgan fingerprint density at radius 3 is 2.67 bits per heavy atom. The van der Waals surface area contributed by atoms with Gasteiger partial charge < -0.3 is 4.74 Å². The second-order valence-electron chi connectivity index (χ2n) is 3.91. The summed E-state index contributed by atoms with van der Waals surface area (Å²) in [5.41, 5.74) is 1.42. The Balaban J connectivity index is 2.96. The summed E-state index contributed by atoms with van der Waals surface area (Å²) in [4.78, 5) is 0. The van der Waals surface area contributed by atoms with Crippen LogP contribution < -0.4 is 4.74 Å². The fourth-order valence-corrected chi connectivity index (χ4v) is 1.28. The number of hydrogen-bond acceptors (Lipinski definition) is 2. The summed E-state index contributed by atoms with van der Waals surface area (Å²) in [6.07, 6.45) is 0. The van der Waals surface area contributed by atoms with Gasteiger partial charge in [-0.3, -0.25) is 0 Å². The molecule has 1 aromatic rings. The summed E-state index contributed by atoms with van der Waals surface area (Å²) >= 11 is 5.92. The van der Waals surface area contributed by atoms with Crippen LogP contribution in [-0.2, 0) is 0 Å². The number of aryl methyl sites for hydroxylation is 1. The van der Waals surface area contributed by atoms with E-state index >= 15 is 0 Å². The van der Waals surface area contributed by atoms with Crippen molar-refractivity contribution in [1.29, 1.82) is 5.26 Å². The highest BCUT2D eigenvalue weighted by Gasteiger charge is 2.07. The Morgan fingerprint density at radius 2 is 2.13 bits per heavy atom. The minimum absolute atomic E-state index is 0.438. The molecule has 0 spiro atoms. The van der Waals surface area contributed by atoms with Crippen LogP contribution >= 0.6 is 11.6 Å². The lowest BCUT2D eigenvalue weighted by Crippen LogP contribution is -2.05. The average Bonchev–Trinajstić information content (AvgIpc) is 2.19. The lowest BCUT2D eigenvalue weighted by atomic mass is 10.1. The quantitative estimate of drug-likeness (QED) is 0.785. The van der Waals surface area contributed by atoms with E-state index in [0.717, 1.165) is 5.56 Å². The lowest BCUT2D eigenvalue weighted by molar-refractivity contribution is 0.270. The molecule has 0 saturated heterocycles. The monoisotopic (exact) mass is 223 g/mol. The maximum absolute atomic E-state index is 8.91. The number of halogens is 1. The molecule has 1 rings (SSSR count). The van der Waals surface area contributed by atoms with Gasteiger partial charge in [0.15, 0.2) is 0 Å². The third-order valence-electron chi connectivity index (χ3n) is 1.95. The Morgan fingerprint density at radius 1 is 1.47 bits per heavy atom. The fourth-order valence-electron chi connectivity index (χ4n) is 1.12. The molecule has 0 aliphatic rings. The number of nitriles is 1. The maximum Gasteiger partial charge on any atom is 0.137 e. The Bertz CT molecular complexity index is 393. The minimum atomic E-state index is 0.438. The summed E-state index contributed by atoms with van der Waals surface area (Å²) in [6, 6.07) is 5.53. The zero-order valence-corrected chi connectivity index (χ0v) is 9.93. The van der Waals surface area contributed by atoms with Gasteiger partial charge in [0.05, 0.1) is 12.2 Å². The molecule has 0 heterocycles. The highest BCUT2D eigenvalue weighted by molar-refractivity contribution is 6.31. The smallest absolute Gasteiger partial charge is 0.137 e. The van der Waals surface area contributed by atoms with Gasteiger partial charge >= 0.3 is 0 Å². The van der Waals surface area contributed by atoms with E-state index in [1.165, 1.54) is 0 Å². The van der Waals surface area contributed by atoms with Crippen molar-refractivity contribution in [2.24, 2.45) is 5.92 Å². The van der Waals surface area contributed by atoms with E-state index in [-0.39, 0.29) is 0 Å². The molecule has 0 bridgehead atoms. The van der Waals surface area contributed by atoms with Crippen LogP contribution in [0.1, 0.15) is 25.0 Å². The van der Waals surface area contributed by atoms with E-state index in [2.05, 4.69) is 19.9 Å². The van der Waals surface area contributed by atoms with Crippen LogP contribution in [-0.4, -0.2) is 6.61 Å². The van der Waals surface area contributed by atoms with Crippen LogP contribution in [0.3, 0.4) is 0 Å². The van der Waals surface area contributed by atoms with Gasteiger partial charge in [0.25, 0.3) is 0 Å². The first-order valence-corrected chi connectivity index (χ1v) is 5.25. The van der Waals surface area contributed by atoms with Crippen molar-refractivity contribution in [3.05, 3.63) is 28.3 Å². The highest BCUT2D eigenvalue weighted by atomic mass is 35.5. The molecule has 0 radical (unpaired) electrons. The summed E-state index contributed by atoms with van der Waals surface area (Å²) in [6.45, 7) is 6.63. The largest absolute Gasteiger partial charge is 0.492 e. The summed E-state index contributed by atoms with van der Waals surface area (Å²) in [5.74, 6) is 1.06. The summed E-state index contributed by atoms with van der Waals surface area (Å²) < 4.78 is 5.54. The highest BCUT2D eigenvalue weighted by Crippen LogP contribution is 2.26. The third kappa shape index (κ3) is 3.14. The van der Waals surface area contributed by atoms with Crippen LogP contribution in [0.4, 0.5) is 0 Å². The van der Waals surface area contributed by atoms with Gasteiger partial charge in [-0.05, 0) is 30.5 Å². The zero-order chi connectivity index (χ0) is 11.4. The standard InChI is InChI=1S/C12H14ClNO/c1-8(2)7-15-12-4-9(3)11(13)5-10(12)6-14/h4-5,8H,7H2,1-3H3. The van der Waals surface area contributed by atoms with Crippen molar-refractivity contribution < 1.29 is 4.74 Å². The minimum Gasteiger partial charge on any atom is -0.492 e. The number of nitrogens with zero attached hydrogens (tertiary/aromatic N) is 1. The average molecular weight is 224 g/mol. The molecule has 15 heavy (non-hydrogen) atoms. The van der Waals surface area contributed by atoms with Crippen molar-refractivity contribution in [2.75, 3.05) is 6.61 Å². The van der Waals surface area contributed by atoms with Crippen molar-refractivity contribution in [3.8, 4) is 11.8 Å². The molecular formula is C12H14ClNO. The Labute approximate surface area is 95.4 Å². The number of ether oxygens (including phenoxy) is 1. The molecule has 3 heteroatoms. The summed E-state index contributed by atoms with van der Waals surface area (Å²) in [7, 11) is 0. The van der Waals surface area contributed by atoms with Crippen molar-refractivity contribution in [1.82, 2.24) is 0 Å². The second-order valence-corrected chi connectivity index (χ2v) is 4.32. The zero-order valence-electron chi connectivity index (χ0n) is 9.17. The molecule has 0 aliphatic heterocycles. The van der Waals surface area contributed by atoms with Crippen molar-refractivity contribution in [3.63, 3.8) is 0 Å². The fraction of sp³-hybridized carbons (Fsp3) is 0.417. The first kappa shape index (κ1) is 11.9. The molecule has 0 aromatic heterocycles. The second kappa shape index (κ2) is 5.04. The number of rotatable bonds is 3. The van der Waals surface area contributed by atoms with Gasteiger partial charge in [-0.2, -0.15) is 5.26 Å². The Hall–Kier alpha value is -1.20.